The van der Waals surface area contributed by atoms with E-state index in [1.54, 1.807) is 6.07 Å². The Morgan fingerprint density at radius 1 is 1.53 bits per heavy atom. The predicted molar refractivity (Wildman–Crippen MR) is 68.6 cm³/mol. The molecule has 0 amide bonds. The molecule has 1 aliphatic rings. The van der Waals surface area contributed by atoms with Crippen LogP contribution in [0.15, 0.2) is 18.2 Å². The Kier molecular flexibility index (Phi) is 4.37. The second kappa shape index (κ2) is 6.02. The molecule has 1 aliphatic carbocycles. The van der Waals surface area contributed by atoms with Crippen molar-refractivity contribution in [2.75, 3.05) is 13.7 Å². The molecular weight excluding hydrogens is 249 g/mol. The molecule has 1 aromatic rings. The zero-order valence-corrected chi connectivity index (χ0v) is 10.9. The Morgan fingerprint density at radius 3 is 2.79 bits per heavy atom. The number of hydrogen-bond acceptors (Lipinski definition) is 3. The van der Waals surface area contributed by atoms with Gasteiger partial charge in [-0.25, -0.2) is 4.39 Å². The van der Waals surface area contributed by atoms with Crippen LogP contribution in [0.4, 0.5) is 4.39 Å². The Balaban J connectivity index is 2.00. The molecule has 1 saturated carbocycles. The van der Waals surface area contributed by atoms with Crippen molar-refractivity contribution in [1.82, 2.24) is 4.90 Å². The van der Waals surface area contributed by atoms with Crippen LogP contribution in [0.1, 0.15) is 24.8 Å². The smallest absolute Gasteiger partial charge is 0.304 e. The van der Waals surface area contributed by atoms with Gasteiger partial charge in [-0.15, -0.1) is 0 Å². The first-order chi connectivity index (χ1) is 9.10. The fourth-order valence-electron chi connectivity index (χ4n) is 2.11. The molecule has 0 atom stereocenters. The molecule has 0 aromatic heterocycles. The monoisotopic (exact) mass is 267 g/mol. The first-order valence-electron chi connectivity index (χ1n) is 6.38. The number of carboxylic acid groups (broad SMARTS) is 1. The van der Waals surface area contributed by atoms with Gasteiger partial charge >= 0.3 is 5.97 Å². The molecule has 1 N–H and O–H groups in total. The molecule has 104 valence electrons. The van der Waals surface area contributed by atoms with E-state index in [4.69, 9.17) is 9.84 Å². The van der Waals surface area contributed by atoms with Crippen molar-refractivity contribution in [1.29, 1.82) is 0 Å². The summed E-state index contributed by atoms with van der Waals surface area (Å²) in [6.07, 6.45) is 2.31. The van der Waals surface area contributed by atoms with Crippen LogP contribution >= 0.6 is 0 Å². The van der Waals surface area contributed by atoms with E-state index in [1.165, 1.54) is 13.2 Å². The molecule has 2 rings (SSSR count). The van der Waals surface area contributed by atoms with Crippen LogP contribution < -0.4 is 4.74 Å². The maximum Gasteiger partial charge on any atom is 0.304 e. The number of methoxy groups -OCH3 is 1. The van der Waals surface area contributed by atoms with Gasteiger partial charge in [-0.3, -0.25) is 9.69 Å². The topological polar surface area (TPSA) is 49.8 Å². The quantitative estimate of drug-likeness (QED) is 0.823. The Bertz CT molecular complexity index is 460. The molecule has 0 bridgehead atoms. The lowest BCUT2D eigenvalue weighted by Gasteiger charge is -2.21. The number of benzene rings is 1. The molecule has 1 fully saturated rings. The molecule has 0 unspecified atom stereocenters. The summed E-state index contributed by atoms with van der Waals surface area (Å²) in [5.74, 6) is -0.951. The summed E-state index contributed by atoms with van der Waals surface area (Å²) in [5.41, 5.74) is 0.843. The molecule has 0 spiro atoms. The van der Waals surface area contributed by atoms with Crippen molar-refractivity contribution < 1.29 is 19.0 Å². The molecule has 0 radical (unpaired) electrons. The van der Waals surface area contributed by atoms with Crippen molar-refractivity contribution in [3.63, 3.8) is 0 Å². The second-order valence-corrected chi connectivity index (χ2v) is 4.81. The van der Waals surface area contributed by atoms with E-state index < -0.39 is 5.97 Å². The first kappa shape index (κ1) is 13.8. The minimum atomic E-state index is -0.799. The van der Waals surface area contributed by atoms with E-state index in [9.17, 15) is 9.18 Å². The maximum absolute atomic E-state index is 13.6. The van der Waals surface area contributed by atoms with Crippen molar-refractivity contribution in [3.05, 3.63) is 29.6 Å². The van der Waals surface area contributed by atoms with Crippen LogP contribution in [0.5, 0.6) is 5.75 Å². The highest BCUT2D eigenvalue weighted by Gasteiger charge is 2.29. The second-order valence-electron chi connectivity index (χ2n) is 4.81. The van der Waals surface area contributed by atoms with Crippen molar-refractivity contribution >= 4 is 5.97 Å². The summed E-state index contributed by atoms with van der Waals surface area (Å²) in [4.78, 5) is 12.7. The summed E-state index contributed by atoms with van der Waals surface area (Å²) >= 11 is 0. The minimum absolute atomic E-state index is 0.120. The van der Waals surface area contributed by atoms with E-state index >= 15 is 0 Å². The lowest BCUT2D eigenvalue weighted by Crippen LogP contribution is -2.28. The fourth-order valence-corrected chi connectivity index (χ4v) is 2.11. The zero-order valence-electron chi connectivity index (χ0n) is 10.9. The van der Waals surface area contributed by atoms with Crippen molar-refractivity contribution in [3.8, 4) is 5.75 Å². The molecule has 4 nitrogen and oxygen atoms in total. The molecule has 5 heteroatoms. The first-order valence-corrected chi connectivity index (χ1v) is 6.38. The van der Waals surface area contributed by atoms with Gasteiger partial charge in [0.1, 0.15) is 0 Å². The molecule has 0 aliphatic heterocycles. The predicted octanol–water partition coefficient (Wildman–Crippen LogP) is 2.27. The molecular formula is C14H18FNO3. The summed E-state index contributed by atoms with van der Waals surface area (Å²) in [6.45, 7) is 1.09. The SMILES string of the molecule is COc1ccc(CN(CCC(=O)O)C2CC2)cc1F. The number of halogens is 1. The van der Waals surface area contributed by atoms with Crippen molar-refractivity contribution in [2.45, 2.75) is 31.8 Å². The Hall–Kier alpha value is -1.62. The third-order valence-corrected chi connectivity index (χ3v) is 3.28. The van der Waals surface area contributed by atoms with Gasteiger partial charge in [0.25, 0.3) is 0 Å². The lowest BCUT2D eigenvalue weighted by atomic mass is 10.2. The Labute approximate surface area is 111 Å². The van der Waals surface area contributed by atoms with Crippen LogP contribution in [0.25, 0.3) is 0 Å². The summed E-state index contributed by atoms with van der Waals surface area (Å²) in [7, 11) is 1.43. The van der Waals surface area contributed by atoms with E-state index in [0.29, 0.717) is 19.1 Å². The van der Waals surface area contributed by atoms with Gasteiger partial charge in [0.2, 0.25) is 0 Å². The van der Waals surface area contributed by atoms with E-state index in [2.05, 4.69) is 4.90 Å². The number of carbonyl (C=O) groups is 1. The molecule has 1 aromatic carbocycles. The zero-order chi connectivity index (χ0) is 13.8. The number of hydrogen-bond donors (Lipinski definition) is 1. The lowest BCUT2D eigenvalue weighted by molar-refractivity contribution is -0.137. The van der Waals surface area contributed by atoms with Crippen LogP contribution in [0, 0.1) is 5.82 Å². The van der Waals surface area contributed by atoms with Gasteiger partial charge in [0.05, 0.1) is 13.5 Å². The number of aliphatic carboxylic acids is 1. The van der Waals surface area contributed by atoms with Gasteiger partial charge in [0.15, 0.2) is 11.6 Å². The number of rotatable bonds is 7. The van der Waals surface area contributed by atoms with Crippen LogP contribution in [0.2, 0.25) is 0 Å². The number of nitrogens with zero attached hydrogens (tertiary/aromatic N) is 1. The average Bonchev–Trinajstić information content (AvgIpc) is 3.18. The highest BCUT2D eigenvalue weighted by molar-refractivity contribution is 5.66. The number of carboxylic acids is 1. The number of ether oxygens (including phenoxy) is 1. The van der Waals surface area contributed by atoms with Gasteiger partial charge in [0, 0.05) is 19.1 Å². The largest absolute Gasteiger partial charge is 0.494 e. The van der Waals surface area contributed by atoms with Crippen LogP contribution in [-0.4, -0.2) is 35.7 Å². The highest BCUT2D eigenvalue weighted by atomic mass is 19.1. The van der Waals surface area contributed by atoms with Gasteiger partial charge in [-0.1, -0.05) is 6.07 Å². The van der Waals surface area contributed by atoms with E-state index in [0.717, 1.165) is 18.4 Å². The van der Waals surface area contributed by atoms with Gasteiger partial charge in [-0.05, 0) is 30.5 Å². The van der Waals surface area contributed by atoms with Crippen molar-refractivity contribution in [2.24, 2.45) is 0 Å². The molecule has 0 heterocycles. The summed E-state index contributed by atoms with van der Waals surface area (Å²) in [6, 6.07) is 5.32. The van der Waals surface area contributed by atoms with E-state index in [-0.39, 0.29) is 18.0 Å². The molecule has 19 heavy (non-hydrogen) atoms. The normalized spacial score (nSPS) is 14.7. The summed E-state index contributed by atoms with van der Waals surface area (Å²) in [5, 5.41) is 8.74. The Morgan fingerprint density at radius 2 is 2.26 bits per heavy atom. The third kappa shape index (κ3) is 3.92. The average molecular weight is 267 g/mol. The summed E-state index contributed by atoms with van der Waals surface area (Å²) < 4.78 is 18.5. The standard InChI is InChI=1S/C14H18FNO3/c1-19-13-5-2-10(8-12(13)15)9-16(11-3-4-11)7-6-14(17)18/h2,5,8,11H,3-4,6-7,9H2,1H3,(H,17,18). The molecule has 0 saturated heterocycles. The van der Waals surface area contributed by atoms with Crippen LogP contribution in [-0.2, 0) is 11.3 Å². The van der Waals surface area contributed by atoms with Crippen LogP contribution in [0.3, 0.4) is 0 Å². The van der Waals surface area contributed by atoms with Gasteiger partial charge in [-0.2, -0.15) is 0 Å². The van der Waals surface area contributed by atoms with E-state index in [1.807, 2.05) is 6.07 Å². The highest BCUT2D eigenvalue weighted by Crippen LogP contribution is 2.29. The minimum Gasteiger partial charge on any atom is -0.494 e. The fraction of sp³-hybridized carbons (Fsp3) is 0.500. The maximum atomic E-state index is 13.6. The van der Waals surface area contributed by atoms with Gasteiger partial charge < -0.3 is 9.84 Å². The third-order valence-electron chi connectivity index (χ3n) is 3.28.